The maximum Gasteiger partial charge on any atom is 0.227 e. The molecule has 0 atom stereocenters. The maximum absolute atomic E-state index is 12.6. The number of aryl methyl sites for hydroxylation is 1. The number of benzene rings is 1. The summed E-state index contributed by atoms with van der Waals surface area (Å²) < 4.78 is 6.24. The second-order valence-electron chi connectivity index (χ2n) is 6.72. The number of amides is 1. The van der Waals surface area contributed by atoms with Gasteiger partial charge in [0.15, 0.2) is 0 Å². The first-order chi connectivity index (χ1) is 14.1. The van der Waals surface area contributed by atoms with Crippen molar-refractivity contribution < 1.29 is 9.32 Å². The van der Waals surface area contributed by atoms with Crippen LogP contribution in [0.3, 0.4) is 0 Å². The van der Waals surface area contributed by atoms with Gasteiger partial charge in [-0.3, -0.25) is 4.79 Å². The Morgan fingerprint density at radius 3 is 2.55 bits per heavy atom. The van der Waals surface area contributed by atoms with Crippen molar-refractivity contribution in [2.45, 2.75) is 12.8 Å². The van der Waals surface area contributed by atoms with Crippen molar-refractivity contribution in [3.63, 3.8) is 0 Å². The molecule has 0 N–H and O–H groups in total. The summed E-state index contributed by atoms with van der Waals surface area (Å²) in [6.45, 7) is 2.89. The van der Waals surface area contributed by atoms with Crippen LogP contribution in [-0.2, 0) is 11.2 Å². The molecule has 1 saturated heterocycles. The standard InChI is InChI=1S/C20H19BrClN5O2/c21-15-3-6-17(23-13-15)26-9-11-27(12-10-26)19(28)8-7-18-24-20(25-29-18)14-1-4-16(22)5-2-14/h1-6,13H,7-12H2. The van der Waals surface area contributed by atoms with Crippen molar-refractivity contribution in [2.24, 2.45) is 0 Å². The molecule has 1 aliphatic heterocycles. The van der Waals surface area contributed by atoms with Gasteiger partial charge in [0, 0.05) is 60.3 Å². The average Bonchev–Trinajstić information content (AvgIpc) is 3.22. The van der Waals surface area contributed by atoms with Crippen LogP contribution in [0.2, 0.25) is 5.02 Å². The molecule has 0 bridgehead atoms. The largest absolute Gasteiger partial charge is 0.353 e. The molecule has 1 aliphatic rings. The maximum atomic E-state index is 12.6. The Morgan fingerprint density at radius 1 is 1.10 bits per heavy atom. The van der Waals surface area contributed by atoms with E-state index in [9.17, 15) is 4.79 Å². The van der Waals surface area contributed by atoms with E-state index in [1.165, 1.54) is 0 Å². The molecular formula is C20H19BrClN5O2. The van der Waals surface area contributed by atoms with E-state index in [-0.39, 0.29) is 5.91 Å². The van der Waals surface area contributed by atoms with Crippen LogP contribution in [0.15, 0.2) is 51.6 Å². The third-order valence-electron chi connectivity index (χ3n) is 4.79. The zero-order valence-corrected chi connectivity index (χ0v) is 17.9. The van der Waals surface area contributed by atoms with Crippen molar-refractivity contribution in [3.8, 4) is 11.4 Å². The van der Waals surface area contributed by atoms with Crippen LogP contribution < -0.4 is 4.90 Å². The third-order valence-corrected chi connectivity index (χ3v) is 5.51. The lowest BCUT2D eigenvalue weighted by Crippen LogP contribution is -2.49. The van der Waals surface area contributed by atoms with E-state index < -0.39 is 0 Å². The fraction of sp³-hybridized carbons (Fsp3) is 0.300. The first kappa shape index (κ1) is 19.8. The second-order valence-corrected chi connectivity index (χ2v) is 8.07. The Balaban J connectivity index is 1.27. The Morgan fingerprint density at radius 2 is 1.86 bits per heavy atom. The molecule has 2 aromatic heterocycles. The van der Waals surface area contributed by atoms with Gasteiger partial charge in [0.05, 0.1) is 0 Å². The number of anilines is 1. The van der Waals surface area contributed by atoms with E-state index in [0.717, 1.165) is 28.9 Å². The van der Waals surface area contributed by atoms with Gasteiger partial charge in [0.2, 0.25) is 17.6 Å². The quantitative estimate of drug-likeness (QED) is 0.557. The van der Waals surface area contributed by atoms with Crippen molar-refractivity contribution in [3.05, 3.63) is 58.0 Å². The molecule has 0 unspecified atom stereocenters. The number of carbonyl (C=O) groups excluding carboxylic acids is 1. The number of pyridine rings is 1. The third kappa shape index (κ3) is 4.94. The van der Waals surface area contributed by atoms with Gasteiger partial charge in [-0.2, -0.15) is 4.98 Å². The zero-order chi connectivity index (χ0) is 20.2. The predicted molar refractivity (Wildman–Crippen MR) is 114 cm³/mol. The summed E-state index contributed by atoms with van der Waals surface area (Å²) >= 11 is 9.29. The SMILES string of the molecule is O=C(CCc1nc(-c2ccc(Cl)cc2)no1)N1CCN(c2ccc(Br)cn2)CC1. The highest BCUT2D eigenvalue weighted by Gasteiger charge is 2.22. The van der Waals surface area contributed by atoms with Crippen LogP contribution in [-0.4, -0.2) is 52.1 Å². The molecule has 9 heteroatoms. The predicted octanol–water partition coefficient (Wildman–Crippen LogP) is 3.83. The van der Waals surface area contributed by atoms with Crippen LogP contribution in [0, 0.1) is 0 Å². The topological polar surface area (TPSA) is 75.4 Å². The minimum atomic E-state index is 0.0969. The minimum absolute atomic E-state index is 0.0969. The summed E-state index contributed by atoms with van der Waals surface area (Å²) in [5.74, 6) is 1.99. The van der Waals surface area contributed by atoms with Crippen molar-refractivity contribution in [1.82, 2.24) is 20.0 Å². The first-order valence-corrected chi connectivity index (χ1v) is 10.5. The van der Waals surface area contributed by atoms with E-state index >= 15 is 0 Å². The van der Waals surface area contributed by atoms with Crippen molar-refractivity contribution in [1.29, 1.82) is 0 Å². The number of piperazine rings is 1. The Bertz CT molecular complexity index is 969. The normalized spacial score (nSPS) is 14.3. The molecule has 3 heterocycles. The van der Waals surface area contributed by atoms with Gasteiger partial charge >= 0.3 is 0 Å². The molecule has 1 aromatic carbocycles. The zero-order valence-electron chi connectivity index (χ0n) is 15.6. The monoisotopic (exact) mass is 475 g/mol. The van der Waals surface area contributed by atoms with Gasteiger partial charge in [-0.25, -0.2) is 4.98 Å². The number of hydrogen-bond acceptors (Lipinski definition) is 6. The van der Waals surface area contributed by atoms with E-state index in [0.29, 0.717) is 42.7 Å². The lowest BCUT2D eigenvalue weighted by molar-refractivity contribution is -0.131. The molecule has 0 saturated carbocycles. The molecule has 7 nitrogen and oxygen atoms in total. The number of hydrogen-bond donors (Lipinski definition) is 0. The molecule has 1 amide bonds. The number of carbonyl (C=O) groups is 1. The average molecular weight is 477 g/mol. The fourth-order valence-electron chi connectivity index (χ4n) is 3.18. The molecular weight excluding hydrogens is 458 g/mol. The van der Waals surface area contributed by atoms with Gasteiger partial charge in [0.25, 0.3) is 0 Å². The van der Waals surface area contributed by atoms with Gasteiger partial charge in [-0.15, -0.1) is 0 Å². The molecule has 4 rings (SSSR count). The van der Waals surface area contributed by atoms with Gasteiger partial charge in [-0.05, 0) is 52.3 Å². The first-order valence-electron chi connectivity index (χ1n) is 9.31. The van der Waals surface area contributed by atoms with E-state index in [2.05, 4.69) is 36.0 Å². The molecule has 0 aliphatic carbocycles. The number of halogens is 2. The van der Waals surface area contributed by atoms with Crippen LogP contribution >= 0.6 is 27.5 Å². The lowest BCUT2D eigenvalue weighted by atomic mass is 10.2. The van der Waals surface area contributed by atoms with Crippen LogP contribution in [0.1, 0.15) is 12.3 Å². The molecule has 3 aromatic rings. The van der Waals surface area contributed by atoms with Gasteiger partial charge in [0.1, 0.15) is 5.82 Å². The Hall–Kier alpha value is -2.45. The van der Waals surface area contributed by atoms with Crippen LogP contribution in [0.5, 0.6) is 0 Å². The Kier molecular flexibility index (Phi) is 6.10. The fourth-order valence-corrected chi connectivity index (χ4v) is 3.55. The van der Waals surface area contributed by atoms with Crippen LogP contribution in [0.4, 0.5) is 5.82 Å². The van der Waals surface area contributed by atoms with Gasteiger partial charge < -0.3 is 14.3 Å². The van der Waals surface area contributed by atoms with E-state index in [4.69, 9.17) is 16.1 Å². The minimum Gasteiger partial charge on any atom is -0.353 e. The molecule has 0 spiro atoms. The molecule has 150 valence electrons. The lowest BCUT2D eigenvalue weighted by Gasteiger charge is -2.35. The van der Waals surface area contributed by atoms with Crippen molar-refractivity contribution >= 4 is 39.3 Å². The van der Waals surface area contributed by atoms with Gasteiger partial charge in [-0.1, -0.05) is 16.8 Å². The smallest absolute Gasteiger partial charge is 0.227 e. The van der Waals surface area contributed by atoms with E-state index in [1.807, 2.05) is 29.2 Å². The highest BCUT2D eigenvalue weighted by molar-refractivity contribution is 9.10. The Labute approximate surface area is 181 Å². The summed E-state index contributed by atoms with van der Waals surface area (Å²) in [5.41, 5.74) is 0.827. The second kappa shape index (κ2) is 8.92. The summed E-state index contributed by atoms with van der Waals surface area (Å²) in [6, 6.07) is 11.2. The summed E-state index contributed by atoms with van der Waals surface area (Å²) in [6.07, 6.45) is 2.56. The summed E-state index contributed by atoms with van der Waals surface area (Å²) in [7, 11) is 0. The number of aromatic nitrogens is 3. The number of rotatable bonds is 5. The molecule has 1 fully saturated rings. The highest BCUT2D eigenvalue weighted by atomic mass is 79.9. The van der Waals surface area contributed by atoms with Crippen LogP contribution in [0.25, 0.3) is 11.4 Å². The van der Waals surface area contributed by atoms with Crippen molar-refractivity contribution in [2.75, 3.05) is 31.1 Å². The van der Waals surface area contributed by atoms with E-state index in [1.54, 1.807) is 18.3 Å². The summed E-state index contributed by atoms with van der Waals surface area (Å²) in [5, 5.41) is 4.64. The number of nitrogens with zero attached hydrogens (tertiary/aromatic N) is 5. The molecule has 29 heavy (non-hydrogen) atoms. The molecule has 0 radical (unpaired) electrons. The summed E-state index contributed by atoms with van der Waals surface area (Å²) in [4.78, 5) is 25.4. The highest BCUT2D eigenvalue weighted by Crippen LogP contribution is 2.20.